The standard InChI is InChI=1S/C16H15NS/c1-2-4-11(3-1)12-5-6-13-14-10-17-8-7-15(14)18-16(13)9-12/h5-11H,1-4H2. The Hall–Kier alpha value is -1.41. The summed E-state index contributed by atoms with van der Waals surface area (Å²) in [4.78, 5) is 4.24. The molecule has 0 aliphatic heterocycles. The minimum atomic E-state index is 0.803. The van der Waals surface area contributed by atoms with Crippen molar-refractivity contribution in [3.63, 3.8) is 0 Å². The predicted molar refractivity (Wildman–Crippen MR) is 78.3 cm³/mol. The molecule has 2 aromatic heterocycles. The van der Waals surface area contributed by atoms with E-state index in [0.29, 0.717) is 0 Å². The molecule has 2 heteroatoms. The molecule has 0 unspecified atom stereocenters. The highest BCUT2D eigenvalue weighted by Crippen LogP contribution is 2.39. The predicted octanol–water partition coefficient (Wildman–Crippen LogP) is 5.11. The Morgan fingerprint density at radius 2 is 1.89 bits per heavy atom. The molecular formula is C16H15NS. The van der Waals surface area contributed by atoms with E-state index in [0.717, 1.165) is 5.92 Å². The van der Waals surface area contributed by atoms with Crippen LogP contribution in [0.3, 0.4) is 0 Å². The number of hydrogen-bond acceptors (Lipinski definition) is 2. The molecule has 0 atom stereocenters. The molecule has 90 valence electrons. The van der Waals surface area contributed by atoms with Gasteiger partial charge in [0.15, 0.2) is 0 Å². The van der Waals surface area contributed by atoms with Crippen molar-refractivity contribution in [3.05, 3.63) is 42.2 Å². The van der Waals surface area contributed by atoms with Crippen LogP contribution in [0.5, 0.6) is 0 Å². The summed E-state index contributed by atoms with van der Waals surface area (Å²) in [5, 5.41) is 2.67. The average molecular weight is 253 g/mol. The Kier molecular flexibility index (Phi) is 2.37. The monoisotopic (exact) mass is 253 g/mol. The third-order valence-electron chi connectivity index (χ3n) is 4.12. The molecule has 1 aliphatic rings. The van der Waals surface area contributed by atoms with Crippen molar-refractivity contribution in [2.75, 3.05) is 0 Å². The third kappa shape index (κ3) is 1.56. The van der Waals surface area contributed by atoms with Crippen LogP contribution in [-0.2, 0) is 0 Å². The Balaban J connectivity index is 1.92. The highest BCUT2D eigenvalue weighted by atomic mass is 32.1. The molecule has 1 nitrogen and oxygen atoms in total. The molecule has 0 N–H and O–H groups in total. The molecule has 2 heterocycles. The second-order valence-electron chi connectivity index (χ2n) is 5.21. The van der Waals surface area contributed by atoms with Crippen molar-refractivity contribution in [2.24, 2.45) is 0 Å². The van der Waals surface area contributed by atoms with Gasteiger partial charge in [0, 0.05) is 32.6 Å². The van der Waals surface area contributed by atoms with E-state index in [-0.39, 0.29) is 0 Å². The van der Waals surface area contributed by atoms with Gasteiger partial charge in [0.2, 0.25) is 0 Å². The second kappa shape index (κ2) is 4.06. The maximum atomic E-state index is 4.24. The van der Waals surface area contributed by atoms with Gasteiger partial charge >= 0.3 is 0 Å². The Labute approximate surface area is 110 Å². The third-order valence-corrected chi connectivity index (χ3v) is 5.26. The van der Waals surface area contributed by atoms with Crippen LogP contribution in [0, 0.1) is 0 Å². The number of nitrogens with zero attached hydrogens (tertiary/aromatic N) is 1. The van der Waals surface area contributed by atoms with Gasteiger partial charge in [-0.1, -0.05) is 25.0 Å². The molecule has 0 radical (unpaired) electrons. The summed E-state index contributed by atoms with van der Waals surface area (Å²) in [5.41, 5.74) is 1.54. The molecular weight excluding hydrogens is 238 g/mol. The van der Waals surface area contributed by atoms with Crippen molar-refractivity contribution < 1.29 is 0 Å². The quantitative estimate of drug-likeness (QED) is 0.587. The number of aromatic nitrogens is 1. The van der Waals surface area contributed by atoms with Crippen molar-refractivity contribution in [2.45, 2.75) is 31.6 Å². The van der Waals surface area contributed by atoms with Crippen molar-refractivity contribution in [1.82, 2.24) is 4.98 Å². The summed E-state index contributed by atoms with van der Waals surface area (Å²) in [6, 6.07) is 9.16. The van der Waals surface area contributed by atoms with Crippen LogP contribution in [0.15, 0.2) is 36.7 Å². The lowest BCUT2D eigenvalue weighted by molar-refractivity contribution is 0.724. The molecule has 0 spiro atoms. The fourth-order valence-corrected chi connectivity index (χ4v) is 4.27. The summed E-state index contributed by atoms with van der Waals surface area (Å²) < 4.78 is 2.77. The summed E-state index contributed by atoms with van der Waals surface area (Å²) in [7, 11) is 0. The van der Waals surface area contributed by atoms with E-state index < -0.39 is 0 Å². The maximum absolute atomic E-state index is 4.24. The zero-order chi connectivity index (χ0) is 11.9. The minimum absolute atomic E-state index is 0.803. The normalized spacial score (nSPS) is 16.9. The molecule has 0 amide bonds. The lowest BCUT2D eigenvalue weighted by Crippen LogP contribution is -1.90. The van der Waals surface area contributed by atoms with Crippen LogP contribution in [0.4, 0.5) is 0 Å². The number of pyridine rings is 1. The van der Waals surface area contributed by atoms with Gasteiger partial charge in [0.05, 0.1) is 0 Å². The van der Waals surface area contributed by atoms with Crippen LogP contribution in [0.25, 0.3) is 20.2 Å². The largest absolute Gasteiger partial charge is 0.264 e. The van der Waals surface area contributed by atoms with E-state index >= 15 is 0 Å². The highest BCUT2D eigenvalue weighted by molar-refractivity contribution is 7.25. The fraction of sp³-hybridized carbons (Fsp3) is 0.312. The Morgan fingerprint density at radius 1 is 1.00 bits per heavy atom. The molecule has 1 saturated carbocycles. The van der Waals surface area contributed by atoms with E-state index in [1.165, 1.54) is 45.9 Å². The smallest absolute Gasteiger partial charge is 0.0386 e. The zero-order valence-electron chi connectivity index (χ0n) is 10.2. The summed E-state index contributed by atoms with van der Waals surface area (Å²) in [5.74, 6) is 0.803. The first-order valence-corrected chi connectivity index (χ1v) is 7.50. The molecule has 1 fully saturated rings. The zero-order valence-corrected chi connectivity index (χ0v) is 11.0. The number of rotatable bonds is 1. The number of thiophene rings is 1. The van der Waals surface area contributed by atoms with E-state index in [2.05, 4.69) is 29.2 Å². The second-order valence-corrected chi connectivity index (χ2v) is 6.29. The van der Waals surface area contributed by atoms with Gasteiger partial charge in [0.1, 0.15) is 0 Å². The number of benzene rings is 1. The molecule has 0 saturated heterocycles. The Bertz CT molecular complexity index is 707. The van der Waals surface area contributed by atoms with E-state index in [4.69, 9.17) is 0 Å². The average Bonchev–Trinajstić information content (AvgIpc) is 3.05. The van der Waals surface area contributed by atoms with E-state index in [1.54, 1.807) is 5.56 Å². The molecule has 1 aromatic carbocycles. The first kappa shape index (κ1) is 10.5. The SMILES string of the molecule is c1cc2sc3cc(C4CCCC4)ccc3c2cn1. The van der Waals surface area contributed by atoms with E-state index in [1.807, 2.05) is 23.7 Å². The van der Waals surface area contributed by atoms with E-state index in [9.17, 15) is 0 Å². The van der Waals surface area contributed by atoms with Crippen LogP contribution in [0.2, 0.25) is 0 Å². The first-order chi connectivity index (χ1) is 8.92. The molecule has 3 aromatic rings. The minimum Gasteiger partial charge on any atom is -0.264 e. The topological polar surface area (TPSA) is 12.9 Å². The molecule has 1 aliphatic carbocycles. The van der Waals surface area contributed by atoms with Gasteiger partial charge in [-0.25, -0.2) is 0 Å². The molecule has 18 heavy (non-hydrogen) atoms. The van der Waals surface area contributed by atoms with Gasteiger partial charge in [0.25, 0.3) is 0 Å². The summed E-state index contributed by atoms with van der Waals surface area (Å²) >= 11 is 1.89. The first-order valence-electron chi connectivity index (χ1n) is 6.68. The summed E-state index contributed by atoms with van der Waals surface area (Å²) in [6.07, 6.45) is 9.42. The Morgan fingerprint density at radius 3 is 2.78 bits per heavy atom. The maximum Gasteiger partial charge on any atom is 0.0386 e. The van der Waals surface area contributed by atoms with Crippen LogP contribution in [0.1, 0.15) is 37.2 Å². The lowest BCUT2D eigenvalue weighted by Gasteiger charge is -2.08. The van der Waals surface area contributed by atoms with Crippen LogP contribution >= 0.6 is 11.3 Å². The fourth-order valence-electron chi connectivity index (χ4n) is 3.15. The molecule has 4 rings (SSSR count). The highest BCUT2D eigenvalue weighted by Gasteiger charge is 2.17. The lowest BCUT2D eigenvalue weighted by atomic mass is 9.97. The molecule has 0 bridgehead atoms. The van der Waals surface area contributed by atoms with Gasteiger partial charge in [-0.05, 0) is 36.5 Å². The summed E-state index contributed by atoms with van der Waals surface area (Å²) in [6.45, 7) is 0. The van der Waals surface area contributed by atoms with Gasteiger partial charge in [-0.15, -0.1) is 11.3 Å². The van der Waals surface area contributed by atoms with Crippen molar-refractivity contribution >= 4 is 31.5 Å². The number of fused-ring (bicyclic) bond motifs is 3. The van der Waals surface area contributed by atoms with Gasteiger partial charge in [-0.2, -0.15) is 0 Å². The van der Waals surface area contributed by atoms with Crippen LogP contribution < -0.4 is 0 Å². The van der Waals surface area contributed by atoms with Gasteiger partial charge < -0.3 is 0 Å². The van der Waals surface area contributed by atoms with Gasteiger partial charge in [-0.3, -0.25) is 4.98 Å². The van der Waals surface area contributed by atoms with Crippen LogP contribution in [-0.4, -0.2) is 4.98 Å². The number of hydrogen-bond donors (Lipinski definition) is 0. The van der Waals surface area contributed by atoms with Crippen molar-refractivity contribution in [1.29, 1.82) is 0 Å². The van der Waals surface area contributed by atoms with Crippen molar-refractivity contribution in [3.8, 4) is 0 Å².